The van der Waals surface area contributed by atoms with Gasteiger partial charge in [0.1, 0.15) is 6.54 Å². The molecule has 1 fully saturated rings. The Hall–Kier alpha value is -2.05. The Bertz CT molecular complexity index is 907. The number of aryl methyl sites for hydroxylation is 1. The van der Waals surface area contributed by atoms with Crippen molar-refractivity contribution in [1.29, 1.82) is 0 Å². The van der Waals surface area contributed by atoms with Crippen molar-refractivity contribution in [2.24, 2.45) is 0 Å². The van der Waals surface area contributed by atoms with Crippen LogP contribution in [-0.2, 0) is 14.8 Å². The van der Waals surface area contributed by atoms with Gasteiger partial charge in [-0.3, -0.25) is 9.10 Å². The summed E-state index contributed by atoms with van der Waals surface area (Å²) in [5.74, 6) is -0.308. The third-order valence-corrected chi connectivity index (χ3v) is 6.74. The maximum absolute atomic E-state index is 13.2. The first kappa shape index (κ1) is 19.7. The molecule has 3 rings (SSSR count). The summed E-state index contributed by atoms with van der Waals surface area (Å²) in [7, 11) is -3.90. The van der Waals surface area contributed by atoms with Crippen molar-refractivity contribution in [3.8, 4) is 0 Å². The number of benzene rings is 2. The Morgan fingerprint density at radius 1 is 1.15 bits per heavy atom. The molecular weight excluding hydrogens is 384 g/mol. The Kier molecular flexibility index (Phi) is 6.07. The van der Waals surface area contributed by atoms with Gasteiger partial charge in [0.25, 0.3) is 10.0 Å². The van der Waals surface area contributed by atoms with Gasteiger partial charge in [-0.2, -0.15) is 0 Å². The van der Waals surface area contributed by atoms with Crippen molar-refractivity contribution in [3.63, 3.8) is 0 Å². The number of anilines is 1. The topological polar surface area (TPSA) is 66.5 Å². The van der Waals surface area contributed by atoms with E-state index >= 15 is 0 Å². The average Bonchev–Trinajstić information content (AvgIpc) is 3.13. The van der Waals surface area contributed by atoms with Crippen LogP contribution in [0, 0.1) is 6.92 Å². The lowest BCUT2D eigenvalue weighted by Gasteiger charge is -2.25. The quantitative estimate of drug-likeness (QED) is 0.791. The summed E-state index contributed by atoms with van der Waals surface area (Å²) in [6.45, 7) is 1.60. The largest absolute Gasteiger partial charge is 0.352 e. The molecule has 0 heterocycles. The zero-order chi connectivity index (χ0) is 19.4. The molecule has 0 spiro atoms. The molecule has 1 saturated carbocycles. The summed E-state index contributed by atoms with van der Waals surface area (Å²) in [6, 6.07) is 13.2. The summed E-state index contributed by atoms with van der Waals surface area (Å²) in [5.41, 5.74) is 1.33. The van der Waals surface area contributed by atoms with E-state index in [1.165, 1.54) is 0 Å². The zero-order valence-electron chi connectivity index (χ0n) is 15.2. The predicted octanol–water partition coefficient (Wildman–Crippen LogP) is 3.90. The summed E-state index contributed by atoms with van der Waals surface area (Å²) >= 11 is 6.06. The Labute approximate surface area is 165 Å². The summed E-state index contributed by atoms with van der Waals surface area (Å²) in [6.07, 6.45) is 4.05. The second-order valence-corrected chi connectivity index (χ2v) is 9.15. The van der Waals surface area contributed by atoms with Crippen molar-refractivity contribution in [3.05, 3.63) is 59.1 Å². The van der Waals surface area contributed by atoms with Gasteiger partial charge in [-0.1, -0.05) is 48.2 Å². The summed E-state index contributed by atoms with van der Waals surface area (Å²) in [4.78, 5) is 12.7. The van der Waals surface area contributed by atoms with Crippen molar-refractivity contribution in [2.45, 2.75) is 43.5 Å². The zero-order valence-corrected chi connectivity index (χ0v) is 16.8. The molecular formula is C20H23ClN2O3S. The minimum Gasteiger partial charge on any atom is -0.352 e. The van der Waals surface area contributed by atoms with Crippen LogP contribution in [0.5, 0.6) is 0 Å². The van der Waals surface area contributed by atoms with Crippen LogP contribution in [0.3, 0.4) is 0 Å². The molecule has 0 aromatic heterocycles. The molecule has 1 aliphatic carbocycles. The van der Waals surface area contributed by atoms with Crippen LogP contribution >= 0.6 is 11.6 Å². The van der Waals surface area contributed by atoms with E-state index in [1.807, 2.05) is 6.92 Å². The van der Waals surface area contributed by atoms with Gasteiger partial charge in [0.05, 0.1) is 10.6 Å². The van der Waals surface area contributed by atoms with E-state index in [0.717, 1.165) is 35.6 Å². The van der Waals surface area contributed by atoms with E-state index in [4.69, 9.17) is 11.6 Å². The third kappa shape index (κ3) is 4.82. The van der Waals surface area contributed by atoms with Crippen LogP contribution < -0.4 is 9.62 Å². The number of hydrogen-bond donors (Lipinski definition) is 1. The lowest BCUT2D eigenvalue weighted by atomic mass is 10.2. The van der Waals surface area contributed by atoms with Crippen LogP contribution in [0.15, 0.2) is 53.4 Å². The van der Waals surface area contributed by atoms with E-state index in [0.29, 0.717) is 10.7 Å². The number of rotatable bonds is 6. The molecule has 0 atom stereocenters. The highest BCUT2D eigenvalue weighted by molar-refractivity contribution is 7.92. The summed E-state index contributed by atoms with van der Waals surface area (Å²) < 4.78 is 27.6. The van der Waals surface area contributed by atoms with Crippen molar-refractivity contribution in [1.82, 2.24) is 5.32 Å². The fraction of sp³-hybridized carbons (Fsp3) is 0.350. The van der Waals surface area contributed by atoms with Crippen molar-refractivity contribution >= 4 is 33.2 Å². The fourth-order valence-corrected chi connectivity index (χ4v) is 4.86. The standard InChI is InChI=1S/C20H23ClN2O3S/c1-15-9-11-19(12-10-15)27(25,26)23(18-8-4-5-16(21)13-18)14-20(24)22-17-6-2-3-7-17/h4-5,8-13,17H,2-3,6-7,14H2,1H3,(H,22,24). The van der Waals surface area contributed by atoms with Gasteiger partial charge in [0, 0.05) is 11.1 Å². The van der Waals surface area contributed by atoms with Crippen LogP contribution in [0.1, 0.15) is 31.2 Å². The molecule has 1 aliphatic rings. The van der Waals surface area contributed by atoms with Gasteiger partial charge in [0.15, 0.2) is 0 Å². The number of nitrogens with zero attached hydrogens (tertiary/aromatic N) is 1. The van der Waals surface area contributed by atoms with E-state index in [-0.39, 0.29) is 23.4 Å². The number of sulfonamides is 1. The first-order chi connectivity index (χ1) is 12.9. The molecule has 0 unspecified atom stereocenters. The molecule has 27 heavy (non-hydrogen) atoms. The first-order valence-corrected chi connectivity index (χ1v) is 10.8. The normalized spacial score (nSPS) is 14.9. The van der Waals surface area contributed by atoms with Gasteiger partial charge < -0.3 is 5.32 Å². The highest BCUT2D eigenvalue weighted by Crippen LogP contribution is 2.26. The second kappa shape index (κ2) is 8.31. The second-order valence-electron chi connectivity index (χ2n) is 6.85. The summed E-state index contributed by atoms with van der Waals surface area (Å²) in [5, 5.41) is 3.36. The minimum absolute atomic E-state index is 0.126. The average molecular weight is 407 g/mol. The highest BCUT2D eigenvalue weighted by atomic mass is 35.5. The van der Waals surface area contributed by atoms with Gasteiger partial charge in [-0.15, -0.1) is 0 Å². The lowest BCUT2D eigenvalue weighted by Crippen LogP contribution is -2.43. The first-order valence-electron chi connectivity index (χ1n) is 9.00. The molecule has 0 radical (unpaired) electrons. The number of carbonyl (C=O) groups is 1. The van der Waals surface area contributed by atoms with E-state index in [9.17, 15) is 13.2 Å². The van der Waals surface area contributed by atoms with E-state index in [1.54, 1.807) is 48.5 Å². The third-order valence-electron chi connectivity index (χ3n) is 4.71. The molecule has 7 heteroatoms. The Morgan fingerprint density at radius 2 is 1.81 bits per heavy atom. The molecule has 1 N–H and O–H groups in total. The number of carbonyl (C=O) groups excluding carboxylic acids is 1. The molecule has 144 valence electrons. The van der Waals surface area contributed by atoms with Gasteiger partial charge >= 0.3 is 0 Å². The monoisotopic (exact) mass is 406 g/mol. The van der Waals surface area contributed by atoms with Crippen LogP contribution in [0.2, 0.25) is 5.02 Å². The predicted molar refractivity (Wildman–Crippen MR) is 108 cm³/mol. The Balaban J connectivity index is 1.91. The number of hydrogen-bond acceptors (Lipinski definition) is 3. The highest BCUT2D eigenvalue weighted by Gasteiger charge is 2.28. The van der Waals surface area contributed by atoms with Gasteiger partial charge in [-0.25, -0.2) is 8.42 Å². The van der Waals surface area contributed by atoms with Gasteiger partial charge in [-0.05, 0) is 50.1 Å². The van der Waals surface area contributed by atoms with Crippen molar-refractivity contribution < 1.29 is 13.2 Å². The van der Waals surface area contributed by atoms with Gasteiger partial charge in [0.2, 0.25) is 5.91 Å². The fourth-order valence-electron chi connectivity index (χ4n) is 3.26. The molecule has 0 aliphatic heterocycles. The maximum Gasteiger partial charge on any atom is 0.264 e. The molecule has 0 bridgehead atoms. The van der Waals surface area contributed by atoms with Crippen LogP contribution in [-0.4, -0.2) is 26.9 Å². The van der Waals surface area contributed by atoms with E-state index in [2.05, 4.69) is 5.32 Å². The molecule has 0 saturated heterocycles. The smallest absolute Gasteiger partial charge is 0.264 e. The van der Waals surface area contributed by atoms with Crippen LogP contribution in [0.25, 0.3) is 0 Å². The van der Waals surface area contributed by atoms with Crippen molar-refractivity contribution in [2.75, 3.05) is 10.8 Å². The van der Waals surface area contributed by atoms with E-state index < -0.39 is 10.0 Å². The van der Waals surface area contributed by atoms with Crippen LogP contribution in [0.4, 0.5) is 5.69 Å². The molecule has 1 amide bonds. The lowest BCUT2D eigenvalue weighted by molar-refractivity contribution is -0.120. The number of halogens is 1. The number of nitrogens with one attached hydrogen (secondary N) is 1. The SMILES string of the molecule is Cc1ccc(S(=O)(=O)N(CC(=O)NC2CCCC2)c2cccc(Cl)c2)cc1. The maximum atomic E-state index is 13.2. The number of amides is 1. The molecule has 5 nitrogen and oxygen atoms in total. The Morgan fingerprint density at radius 3 is 2.44 bits per heavy atom. The molecule has 2 aromatic rings. The minimum atomic E-state index is -3.90. The molecule has 2 aromatic carbocycles.